The summed E-state index contributed by atoms with van der Waals surface area (Å²) in [5.74, 6) is 1.61. The summed E-state index contributed by atoms with van der Waals surface area (Å²) in [6.45, 7) is 22.3. The predicted octanol–water partition coefficient (Wildman–Crippen LogP) is 4.64. The van der Waals surface area contributed by atoms with E-state index in [1.54, 1.807) is 0 Å². The number of hydrogen-bond acceptors (Lipinski definition) is 3. The van der Waals surface area contributed by atoms with Gasteiger partial charge in [0.05, 0.1) is 34.2 Å². The summed E-state index contributed by atoms with van der Waals surface area (Å²) in [4.78, 5) is 15.7. The first-order chi connectivity index (χ1) is 18.1. The van der Waals surface area contributed by atoms with Crippen molar-refractivity contribution in [3.8, 4) is 0 Å². The molecule has 6 heteroatoms. The molecule has 2 aromatic carbocycles. The van der Waals surface area contributed by atoms with E-state index in [9.17, 15) is 0 Å². The number of hydrogen-bond donors (Lipinski definition) is 0. The first-order valence-electron chi connectivity index (χ1n) is 14.5. The molecule has 0 aliphatic rings. The number of aliphatic imine (C=N–C) groups is 2. The minimum absolute atomic E-state index is 0. The Hall–Kier alpha value is -1.97. The monoisotopic (exact) mass is 635 g/mol. The average Bonchev–Trinajstić information content (AvgIpc) is 2.89. The molecule has 0 fully saturated rings. The van der Waals surface area contributed by atoms with Gasteiger partial charge in [-0.1, -0.05) is 112 Å². The topological polar surface area (TPSA) is 37.6 Å². The minimum Gasteiger partial charge on any atom is -1.00 e. The maximum Gasteiger partial charge on any atom is 2.00 e. The molecule has 0 saturated heterocycles. The van der Waals surface area contributed by atoms with Crippen molar-refractivity contribution < 1.29 is 41.9 Å². The quantitative estimate of drug-likeness (QED) is 0.236. The maximum atomic E-state index is 5.29. The first-order valence-corrected chi connectivity index (χ1v) is 14.5. The number of rotatable bonds is 10. The Balaban J connectivity index is 0.00000533. The fourth-order valence-electron chi connectivity index (χ4n) is 4.94. The van der Waals surface area contributed by atoms with Crippen LogP contribution in [0.3, 0.4) is 0 Å². The number of aromatic nitrogens is 1. The predicted molar refractivity (Wildman–Crippen MR) is 166 cm³/mol. The summed E-state index contributed by atoms with van der Waals surface area (Å²) in [6.07, 6.45) is 1.62. The smallest absolute Gasteiger partial charge is 1.00 e. The van der Waals surface area contributed by atoms with Crippen molar-refractivity contribution in [2.75, 3.05) is 0 Å². The number of halogens is 2. The van der Waals surface area contributed by atoms with Crippen LogP contribution in [0, 0.1) is 0 Å². The summed E-state index contributed by atoms with van der Waals surface area (Å²) in [5, 5.41) is 0. The second kappa shape index (κ2) is 17.9. The van der Waals surface area contributed by atoms with Crippen molar-refractivity contribution in [2.45, 2.75) is 106 Å². The van der Waals surface area contributed by atoms with E-state index in [0.717, 1.165) is 47.0 Å². The standard InChI is InChI=1S/C35H47N3.2ClH.Fe/c1-11-30(37-34-26(22(3)4)16-13-17-27(34)23(5)6)32-20-15-21-33(36-32)31(12-2)38-35-28(24(7)8)18-14-19-29(35)25(9)10;;;/h13-25H,11-12H2,1-10H3;2*1H;/q;;;+2/p-2. The second-order valence-electron chi connectivity index (χ2n) is 11.4. The Morgan fingerprint density at radius 2 is 0.805 bits per heavy atom. The fraction of sp³-hybridized carbons (Fsp3) is 0.457. The van der Waals surface area contributed by atoms with Gasteiger partial charge in [-0.05, 0) is 70.9 Å². The van der Waals surface area contributed by atoms with Gasteiger partial charge in [0.2, 0.25) is 0 Å². The van der Waals surface area contributed by atoms with Crippen LogP contribution < -0.4 is 24.8 Å². The van der Waals surface area contributed by atoms with Crippen LogP contribution in [0.1, 0.15) is 139 Å². The van der Waals surface area contributed by atoms with E-state index >= 15 is 0 Å². The second-order valence-corrected chi connectivity index (χ2v) is 11.4. The summed E-state index contributed by atoms with van der Waals surface area (Å²) in [6, 6.07) is 19.5. The normalized spacial score (nSPS) is 12.0. The zero-order chi connectivity index (χ0) is 28.0. The molecule has 0 bridgehead atoms. The molecule has 0 radical (unpaired) electrons. The minimum atomic E-state index is 0. The molecule has 3 nitrogen and oxygen atoms in total. The molecule has 0 N–H and O–H groups in total. The van der Waals surface area contributed by atoms with E-state index in [-0.39, 0.29) is 41.9 Å². The molecular formula is C35H47Cl2FeN3. The maximum absolute atomic E-state index is 5.29. The van der Waals surface area contributed by atoms with Gasteiger partial charge in [-0.25, -0.2) is 4.98 Å². The Morgan fingerprint density at radius 3 is 1.05 bits per heavy atom. The van der Waals surface area contributed by atoms with Gasteiger partial charge in [0.15, 0.2) is 0 Å². The largest absolute Gasteiger partial charge is 2.00 e. The van der Waals surface area contributed by atoms with E-state index in [4.69, 9.17) is 15.0 Å². The van der Waals surface area contributed by atoms with Crippen molar-refractivity contribution >= 4 is 22.8 Å². The molecule has 0 aliphatic heterocycles. The van der Waals surface area contributed by atoms with E-state index in [1.165, 1.54) is 22.3 Å². The van der Waals surface area contributed by atoms with Crippen molar-refractivity contribution in [2.24, 2.45) is 9.98 Å². The molecular weight excluding hydrogens is 589 g/mol. The zero-order valence-corrected chi connectivity index (χ0v) is 29.0. The third kappa shape index (κ3) is 9.52. The Kier molecular flexibility index (Phi) is 17.0. The number of pyridine rings is 1. The van der Waals surface area contributed by atoms with Crippen molar-refractivity contribution in [3.63, 3.8) is 0 Å². The Labute approximate surface area is 272 Å². The van der Waals surface area contributed by atoms with Crippen LogP contribution in [0.2, 0.25) is 0 Å². The molecule has 0 saturated carbocycles. The van der Waals surface area contributed by atoms with Gasteiger partial charge in [0, 0.05) is 0 Å². The third-order valence-electron chi connectivity index (χ3n) is 7.19. The molecule has 41 heavy (non-hydrogen) atoms. The van der Waals surface area contributed by atoms with Crippen LogP contribution in [0.5, 0.6) is 0 Å². The van der Waals surface area contributed by atoms with Crippen LogP contribution in [-0.4, -0.2) is 16.4 Å². The molecule has 0 aliphatic carbocycles. The van der Waals surface area contributed by atoms with E-state index in [0.29, 0.717) is 23.7 Å². The summed E-state index contributed by atoms with van der Waals surface area (Å²) >= 11 is 0. The molecule has 3 aromatic rings. The van der Waals surface area contributed by atoms with Crippen LogP contribution >= 0.6 is 0 Å². The molecule has 0 unspecified atom stereocenters. The Morgan fingerprint density at radius 1 is 0.537 bits per heavy atom. The van der Waals surface area contributed by atoms with Crippen LogP contribution in [0.15, 0.2) is 64.6 Å². The average molecular weight is 637 g/mol. The van der Waals surface area contributed by atoms with Crippen LogP contribution in [-0.2, 0) is 17.1 Å². The molecule has 3 rings (SSSR count). The summed E-state index contributed by atoms with van der Waals surface area (Å²) in [5.41, 5.74) is 11.3. The van der Waals surface area contributed by atoms with Gasteiger partial charge in [0.1, 0.15) is 0 Å². The van der Waals surface area contributed by atoms with Crippen LogP contribution in [0.25, 0.3) is 0 Å². The SMILES string of the molecule is CCC(=Nc1c(C(C)C)cccc1C(C)C)c1cccc(C(CC)=Nc2c(C(C)C)cccc2C(C)C)n1.[Cl-].[Cl-].[Fe+2]. The van der Waals surface area contributed by atoms with Crippen molar-refractivity contribution in [1.29, 1.82) is 0 Å². The molecule has 0 spiro atoms. The van der Waals surface area contributed by atoms with Crippen molar-refractivity contribution in [1.82, 2.24) is 4.98 Å². The van der Waals surface area contributed by atoms with E-state index in [1.807, 2.05) is 0 Å². The molecule has 1 aromatic heterocycles. The van der Waals surface area contributed by atoms with Gasteiger partial charge in [0.25, 0.3) is 0 Å². The van der Waals surface area contributed by atoms with Gasteiger partial charge in [-0.3, -0.25) is 9.98 Å². The summed E-state index contributed by atoms with van der Waals surface area (Å²) in [7, 11) is 0. The van der Waals surface area contributed by atoms with E-state index in [2.05, 4.69) is 124 Å². The zero-order valence-electron chi connectivity index (χ0n) is 26.4. The first kappa shape index (κ1) is 39.0. The molecule has 1 heterocycles. The van der Waals surface area contributed by atoms with Crippen LogP contribution in [0.4, 0.5) is 11.4 Å². The number of nitrogens with zero attached hydrogens (tertiary/aromatic N) is 3. The van der Waals surface area contributed by atoms with Gasteiger partial charge >= 0.3 is 17.1 Å². The number of para-hydroxylation sites is 2. The molecule has 0 atom stereocenters. The third-order valence-corrected chi connectivity index (χ3v) is 7.19. The Bertz CT molecular complexity index is 1160. The fourth-order valence-corrected chi connectivity index (χ4v) is 4.94. The van der Waals surface area contributed by atoms with Gasteiger partial charge in [-0.15, -0.1) is 0 Å². The van der Waals surface area contributed by atoms with E-state index < -0.39 is 0 Å². The van der Waals surface area contributed by atoms with Gasteiger partial charge in [-0.2, -0.15) is 0 Å². The summed E-state index contributed by atoms with van der Waals surface area (Å²) < 4.78 is 0. The van der Waals surface area contributed by atoms with Crippen molar-refractivity contribution in [3.05, 3.63) is 88.2 Å². The molecule has 0 amide bonds. The number of benzene rings is 2. The molecule has 224 valence electrons. The van der Waals surface area contributed by atoms with Gasteiger partial charge < -0.3 is 24.8 Å².